The summed E-state index contributed by atoms with van der Waals surface area (Å²) in [5.41, 5.74) is 7.85. The van der Waals surface area contributed by atoms with Crippen molar-refractivity contribution < 1.29 is 5.11 Å². The van der Waals surface area contributed by atoms with Gasteiger partial charge in [-0.05, 0) is 37.4 Å². The lowest BCUT2D eigenvalue weighted by atomic mass is 9.98. The highest BCUT2D eigenvalue weighted by atomic mass is 32.1. The van der Waals surface area contributed by atoms with Crippen LogP contribution in [-0.2, 0) is 6.54 Å². The predicted molar refractivity (Wildman–Crippen MR) is 82.1 cm³/mol. The Hall–Kier alpha value is -0.970. The second-order valence-corrected chi connectivity index (χ2v) is 5.64. The molecule has 2 rings (SSSR count). The Kier molecular flexibility index (Phi) is 5.31. The first-order valence-corrected chi connectivity index (χ1v) is 7.35. The maximum absolute atomic E-state index is 9.16. The number of aliphatic hydroxyl groups excluding tert-OH is 1. The topological polar surface area (TPSA) is 49.5 Å². The number of benzene rings is 1. The van der Waals surface area contributed by atoms with Crippen LogP contribution in [0.5, 0.6) is 0 Å². The molecular formula is C15H22N2OS. The molecular weight excluding hydrogens is 256 g/mol. The van der Waals surface area contributed by atoms with Crippen molar-refractivity contribution in [2.45, 2.75) is 38.3 Å². The molecule has 0 aliphatic carbocycles. The Balaban J connectivity index is 2.06. The van der Waals surface area contributed by atoms with Crippen molar-refractivity contribution in [1.29, 1.82) is 0 Å². The van der Waals surface area contributed by atoms with Crippen LogP contribution >= 0.6 is 12.2 Å². The quantitative estimate of drug-likeness (QED) is 0.810. The van der Waals surface area contributed by atoms with Gasteiger partial charge in [0.05, 0.1) is 0 Å². The minimum absolute atomic E-state index is 0.272. The highest BCUT2D eigenvalue weighted by Crippen LogP contribution is 2.22. The SMILES string of the molecule is NC(=S)c1cccc(CN2CCCCC2CCO)c1. The zero-order valence-corrected chi connectivity index (χ0v) is 12.0. The first-order chi connectivity index (χ1) is 9.20. The molecule has 3 nitrogen and oxygen atoms in total. The zero-order chi connectivity index (χ0) is 13.7. The highest BCUT2D eigenvalue weighted by molar-refractivity contribution is 7.80. The van der Waals surface area contributed by atoms with E-state index in [0.29, 0.717) is 11.0 Å². The average molecular weight is 278 g/mol. The number of hydrogen-bond donors (Lipinski definition) is 2. The molecule has 3 N–H and O–H groups in total. The zero-order valence-electron chi connectivity index (χ0n) is 11.2. The van der Waals surface area contributed by atoms with Crippen molar-refractivity contribution in [3.8, 4) is 0 Å². The van der Waals surface area contributed by atoms with Gasteiger partial charge in [-0.15, -0.1) is 0 Å². The minimum Gasteiger partial charge on any atom is -0.396 e. The fourth-order valence-corrected chi connectivity index (χ4v) is 2.93. The lowest BCUT2D eigenvalue weighted by Crippen LogP contribution is -2.39. The summed E-state index contributed by atoms with van der Waals surface area (Å²) in [4.78, 5) is 2.92. The van der Waals surface area contributed by atoms with Crippen molar-refractivity contribution in [3.63, 3.8) is 0 Å². The third-order valence-electron chi connectivity index (χ3n) is 3.81. The summed E-state index contributed by atoms with van der Waals surface area (Å²) in [5, 5.41) is 9.16. The molecule has 1 atom stereocenters. The second-order valence-electron chi connectivity index (χ2n) is 5.20. The van der Waals surface area contributed by atoms with Crippen LogP contribution in [-0.4, -0.2) is 34.2 Å². The van der Waals surface area contributed by atoms with Crippen LogP contribution in [0.25, 0.3) is 0 Å². The summed E-state index contributed by atoms with van der Waals surface area (Å²) in [5.74, 6) is 0. The van der Waals surface area contributed by atoms with Gasteiger partial charge in [-0.3, -0.25) is 4.90 Å². The molecule has 19 heavy (non-hydrogen) atoms. The molecule has 0 amide bonds. The molecule has 1 aliphatic rings. The fourth-order valence-electron chi connectivity index (χ4n) is 2.80. The number of thiocarbonyl (C=S) groups is 1. The second kappa shape index (κ2) is 6.98. The van der Waals surface area contributed by atoms with Gasteiger partial charge >= 0.3 is 0 Å². The smallest absolute Gasteiger partial charge is 0.103 e. The van der Waals surface area contributed by atoms with Crippen molar-refractivity contribution in [3.05, 3.63) is 35.4 Å². The van der Waals surface area contributed by atoms with Gasteiger partial charge in [-0.25, -0.2) is 0 Å². The molecule has 0 bridgehead atoms. The summed E-state index contributed by atoms with van der Waals surface area (Å²) in [7, 11) is 0. The van der Waals surface area contributed by atoms with E-state index in [1.165, 1.54) is 24.8 Å². The lowest BCUT2D eigenvalue weighted by Gasteiger charge is -2.35. The Morgan fingerprint density at radius 1 is 1.42 bits per heavy atom. The van der Waals surface area contributed by atoms with E-state index in [0.717, 1.165) is 25.1 Å². The van der Waals surface area contributed by atoms with Crippen LogP contribution < -0.4 is 5.73 Å². The maximum atomic E-state index is 9.16. The van der Waals surface area contributed by atoms with Crippen LogP contribution in [0.3, 0.4) is 0 Å². The fraction of sp³-hybridized carbons (Fsp3) is 0.533. The number of piperidine rings is 1. The van der Waals surface area contributed by atoms with Crippen molar-refractivity contribution >= 4 is 17.2 Å². The van der Waals surface area contributed by atoms with Gasteiger partial charge in [0.15, 0.2) is 0 Å². The Morgan fingerprint density at radius 2 is 2.26 bits per heavy atom. The Morgan fingerprint density at radius 3 is 3.00 bits per heavy atom. The third kappa shape index (κ3) is 4.00. The standard InChI is InChI=1S/C15H22N2OS/c16-15(19)13-5-3-4-12(10-13)11-17-8-2-1-6-14(17)7-9-18/h3-5,10,14,18H,1-2,6-9,11H2,(H2,16,19). The van der Waals surface area contributed by atoms with Crippen molar-refractivity contribution in [2.75, 3.05) is 13.2 Å². The average Bonchev–Trinajstić information content (AvgIpc) is 2.41. The number of nitrogens with zero attached hydrogens (tertiary/aromatic N) is 1. The van der Waals surface area contributed by atoms with Gasteiger partial charge < -0.3 is 10.8 Å². The van der Waals surface area contributed by atoms with Gasteiger partial charge in [0.1, 0.15) is 4.99 Å². The van der Waals surface area contributed by atoms with Gasteiger partial charge in [0.2, 0.25) is 0 Å². The molecule has 4 heteroatoms. The minimum atomic E-state index is 0.272. The number of likely N-dealkylation sites (tertiary alicyclic amines) is 1. The molecule has 0 saturated carbocycles. The molecule has 0 spiro atoms. The Labute approximate surface area is 120 Å². The molecule has 0 radical (unpaired) electrons. The van der Waals surface area contributed by atoms with E-state index in [-0.39, 0.29) is 6.61 Å². The van der Waals surface area contributed by atoms with E-state index in [9.17, 15) is 0 Å². The molecule has 1 heterocycles. The molecule has 1 aliphatic heterocycles. The van der Waals surface area contributed by atoms with Gasteiger partial charge in [-0.2, -0.15) is 0 Å². The highest BCUT2D eigenvalue weighted by Gasteiger charge is 2.21. The third-order valence-corrected chi connectivity index (χ3v) is 4.04. The normalized spacial score (nSPS) is 20.4. The first-order valence-electron chi connectivity index (χ1n) is 6.94. The van der Waals surface area contributed by atoms with Crippen LogP contribution in [0.4, 0.5) is 0 Å². The van der Waals surface area contributed by atoms with E-state index in [1.807, 2.05) is 12.1 Å². The molecule has 1 unspecified atom stereocenters. The van der Waals surface area contributed by atoms with Gasteiger partial charge in [0.25, 0.3) is 0 Å². The van der Waals surface area contributed by atoms with Crippen LogP contribution in [0, 0.1) is 0 Å². The molecule has 0 aromatic heterocycles. The van der Waals surface area contributed by atoms with E-state index in [2.05, 4.69) is 17.0 Å². The van der Waals surface area contributed by atoms with E-state index >= 15 is 0 Å². The Bertz CT molecular complexity index is 434. The van der Waals surface area contributed by atoms with E-state index in [4.69, 9.17) is 23.1 Å². The largest absolute Gasteiger partial charge is 0.396 e. The predicted octanol–water partition coefficient (Wildman–Crippen LogP) is 2.06. The molecule has 1 aromatic rings. The maximum Gasteiger partial charge on any atom is 0.103 e. The summed E-state index contributed by atoms with van der Waals surface area (Å²) < 4.78 is 0. The number of nitrogens with two attached hydrogens (primary N) is 1. The molecule has 1 fully saturated rings. The number of aliphatic hydroxyl groups is 1. The van der Waals surface area contributed by atoms with Crippen LogP contribution in [0.1, 0.15) is 36.8 Å². The van der Waals surface area contributed by atoms with Gasteiger partial charge in [-0.1, -0.05) is 36.8 Å². The molecule has 1 saturated heterocycles. The summed E-state index contributed by atoms with van der Waals surface area (Å²) in [6.45, 7) is 2.30. The van der Waals surface area contributed by atoms with E-state index in [1.54, 1.807) is 0 Å². The summed E-state index contributed by atoms with van der Waals surface area (Å²) in [6, 6.07) is 8.66. The monoisotopic (exact) mass is 278 g/mol. The van der Waals surface area contributed by atoms with Crippen LogP contribution in [0.15, 0.2) is 24.3 Å². The van der Waals surface area contributed by atoms with E-state index < -0.39 is 0 Å². The van der Waals surface area contributed by atoms with Crippen molar-refractivity contribution in [2.24, 2.45) is 5.73 Å². The van der Waals surface area contributed by atoms with Crippen molar-refractivity contribution in [1.82, 2.24) is 4.90 Å². The molecule has 104 valence electrons. The van der Waals surface area contributed by atoms with Gasteiger partial charge in [0, 0.05) is 24.8 Å². The lowest BCUT2D eigenvalue weighted by molar-refractivity contribution is 0.112. The molecule has 1 aromatic carbocycles. The number of hydrogen-bond acceptors (Lipinski definition) is 3. The van der Waals surface area contributed by atoms with Crippen LogP contribution in [0.2, 0.25) is 0 Å². The summed E-state index contributed by atoms with van der Waals surface area (Å²) in [6.07, 6.45) is 4.58. The summed E-state index contributed by atoms with van der Waals surface area (Å²) >= 11 is 5.02. The first kappa shape index (κ1) is 14.4. The number of rotatable bonds is 5.